The summed E-state index contributed by atoms with van der Waals surface area (Å²) in [4.78, 5) is 22.5. The average Bonchev–Trinajstić information content (AvgIpc) is 2.25. The minimum absolute atomic E-state index is 0.0748. The number of nitrogens with zero attached hydrogens (tertiary/aromatic N) is 1. The summed E-state index contributed by atoms with van der Waals surface area (Å²) in [6.07, 6.45) is 0. The van der Waals surface area contributed by atoms with Gasteiger partial charge in [-0.1, -0.05) is 0 Å². The molecule has 0 saturated carbocycles. The van der Waals surface area contributed by atoms with Crippen molar-refractivity contribution in [3.63, 3.8) is 0 Å². The lowest BCUT2D eigenvalue weighted by Crippen LogP contribution is -2.53. The Morgan fingerprint density at radius 3 is 2.00 bits per heavy atom. The molecule has 0 bridgehead atoms. The molecule has 1 fully saturated rings. The zero-order chi connectivity index (χ0) is 15.1. The van der Waals surface area contributed by atoms with Crippen LogP contribution in [0.1, 0.15) is 0 Å². The smallest absolute Gasteiger partial charge is 0.246 e. The molecule has 20 heavy (non-hydrogen) atoms. The molecule has 108 valence electrons. The van der Waals surface area contributed by atoms with Crippen LogP contribution in [0.3, 0.4) is 0 Å². The Kier molecular flexibility index (Phi) is 4.19. The first kappa shape index (κ1) is 15.4. The number of hydrogen-bond donors (Lipinski definition) is 2. The van der Waals surface area contributed by atoms with Crippen LogP contribution in [0.15, 0.2) is 26.0 Å². The van der Waals surface area contributed by atoms with Gasteiger partial charge in [-0.3, -0.25) is 14.9 Å². The van der Waals surface area contributed by atoms with Crippen LogP contribution in [0, 0.1) is 0 Å². The lowest BCUT2D eigenvalue weighted by Gasteiger charge is -2.25. The topological polar surface area (TPSA) is 110 Å². The van der Waals surface area contributed by atoms with E-state index in [9.17, 15) is 18.0 Å². The largest absolute Gasteiger partial charge is 0.399 e. The Morgan fingerprint density at radius 1 is 1.10 bits per heavy atom. The van der Waals surface area contributed by atoms with Crippen LogP contribution in [0.25, 0.3) is 0 Å². The van der Waals surface area contributed by atoms with E-state index in [0.29, 0.717) is 5.69 Å². The summed E-state index contributed by atoms with van der Waals surface area (Å²) in [5, 5.41) is 2.04. The van der Waals surface area contributed by atoms with Crippen molar-refractivity contribution in [2.24, 2.45) is 0 Å². The van der Waals surface area contributed by atoms with Gasteiger partial charge in [0.1, 0.15) is 4.90 Å². The third-order valence-electron chi connectivity index (χ3n) is 2.54. The Labute approximate surface area is 131 Å². The Bertz CT molecular complexity index is 665. The van der Waals surface area contributed by atoms with Crippen LogP contribution in [-0.4, -0.2) is 37.6 Å². The van der Waals surface area contributed by atoms with Gasteiger partial charge in [-0.15, -0.1) is 0 Å². The molecule has 0 atom stereocenters. The normalized spacial score (nSPS) is 17.1. The molecule has 7 nitrogen and oxygen atoms in total. The van der Waals surface area contributed by atoms with Gasteiger partial charge in [-0.05, 0) is 44.0 Å². The quantitative estimate of drug-likeness (QED) is 0.526. The number of hydrogen-bond acceptors (Lipinski definition) is 5. The van der Waals surface area contributed by atoms with Crippen LogP contribution >= 0.6 is 31.9 Å². The fourth-order valence-electron chi connectivity index (χ4n) is 1.74. The molecule has 10 heteroatoms. The van der Waals surface area contributed by atoms with Crippen molar-refractivity contribution in [1.29, 1.82) is 0 Å². The summed E-state index contributed by atoms with van der Waals surface area (Å²) in [6, 6.07) is 2.87. The molecule has 1 heterocycles. The van der Waals surface area contributed by atoms with E-state index in [0.717, 1.165) is 4.31 Å². The van der Waals surface area contributed by atoms with Crippen molar-refractivity contribution in [1.82, 2.24) is 9.62 Å². The number of amides is 2. The third-order valence-corrected chi connectivity index (χ3v) is 6.21. The molecule has 1 aromatic carbocycles. The molecule has 2 amide bonds. The molecular formula is C10H9Br2N3O4S. The maximum absolute atomic E-state index is 12.5. The van der Waals surface area contributed by atoms with Crippen molar-refractivity contribution < 1.29 is 18.0 Å². The monoisotopic (exact) mass is 425 g/mol. The fraction of sp³-hybridized carbons (Fsp3) is 0.200. The number of halogens is 2. The predicted molar refractivity (Wildman–Crippen MR) is 78.2 cm³/mol. The number of anilines is 1. The molecule has 0 aliphatic carbocycles. The SMILES string of the molecule is Nc1cc(Br)c(S(=O)(=O)N2CC(=O)NC(=O)C2)c(Br)c1. The summed E-state index contributed by atoms with van der Waals surface area (Å²) in [5.41, 5.74) is 5.98. The fourth-order valence-corrected chi connectivity index (χ4v) is 5.63. The van der Waals surface area contributed by atoms with Crippen LogP contribution in [-0.2, 0) is 19.6 Å². The van der Waals surface area contributed by atoms with E-state index >= 15 is 0 Å². The molecular weight excluding hydrogens is 418 g/mol. The standard InChI is InChI=1S/C10H9Br2N3O4S/c11-6-1-5(13)2-7(12)10(6)20(18,19)15-3-8(16)14-9(17)4-15/h1-2H,3-4,13H2,(H,14,16,17). The molecule has 0 spiro atoms. The molecule has 0 aromatic heterocycles. The van der Waals surface area contributed by atoms with E-state index in [4.69, 9.17) is 5.73 Å². The first-order valence-corrected chi connectivity index (χ1v) is 8.32. The highest BCUT2D eigenvalue weighted by atomic mass is 79.9. The van der Waals surface area contributed by atoms with Crippen LogP contribution in [0.5, 0.6) is 0 Å². The van der Waals surface area contributed by atoms with Gasteiger partial charge < -0.3 is 5.73 Å². The second-order valence-electron chi connectivity index (χ2n) is 4.06. The first-order valence-electron chi connectivity index (χ1n) is 5.29. The first-order chi connectivity index (χ1) is 9.21. The van der Waals surface area contributed by atoms with E-state index in [2.05, 4.69) is 31.9 Å². The molecule has 2 rings (SSSR count). The maximum Gasteiger partial charge on any atom is 0.246 e. The molecule has 0 unspecified atom stereocenters. The van der Waals surface area contributed by atoms with Crippen molar-refractivity contribution in [2.45, 2.75) is 4.90 Å². The van der Waals surface area contributed by atoms with E-state index in [-0.39, 0.29) is 13.8 Å². The van der Waals surface area contributed by atoms with E-state index in [1.165, 1.54) is 12.1 Å². The van der Waals surface area contributed by atoms with Gasteiger partial charge in [0, 0.05) is 14.6 Å². The number of imide groups is 1. The third kappa shape index (κ3) is 2.87. The summed E-state index contributed by atoms with van der Waals surface area (Å²) in [6.45, 7) is -0.811. The van der Waals surface area contributed by atoms with Crippen molar-refractivity contribution in [3.8, 4) is 0 Å². The van der Waals surface area contributed by atoms with Gasteiger partial charge in [0.15, 0.2) is 0 Å². The van der Waals surface area contributed by atoms with Gasteiger partial charge >= 0.3 is 0 Å². The summed E-state index contributed by atoms with van der Waals surface area (Å²) < 4.78 is 26.4. The Hall–Kier alpha value is -0.970. The van der Waals surface area contributed by atoms with Crippen molar-refractivity contribution >= 4 is 59.4 Å². The molecule has 3 N–H and O–H groups in total. The summed E-state index contributed by atoms with van der Waals surface area (Å²) >= 11 is 6.26. The van der Waals surface area contributed by atoms with E-state index in [1.54, 1.807) is 0 Å². The van der Waals surface area contributed by atoms with E-state index < -0.39 is 34.9 Å². The van der Waals surface area contributed by atoms with Crippen LogP contribution in [0.4, 0.5) is 5.69 Å². The van der Waals surface area contributed by atoms with E-state index in [1.807, 2.05) is 5.32 Å². The summed E-state index contributed by atoms with van der Waals surface area (Å²) in [5.74, 6) is -1.32. The number of carbonyl (C=O) groups is 2. The highest BCUT2D eigenvalue weighted by molar-refractivity contribution is 9.11. The molecule has 0 radical (unpaired) electrons. The minimum Gasteiger partial charge on any atom is -0.399 e. The second-order valence-corrected chi connectivity index (χ2v) is 7.64. The number of carbonyl (C=O) groups excluding carboxylic acids is 2. The van der Waals surface area contributed by atoms with Gasteiger partial charge in [0.05, 0.1) is 13.1 Å². The average molecular weight is 427 g/mol. The zero-order valence-corrected chi connectivity index (χ0v) is 13.9. The van der Waals surface area contributed by atoms with Gasteiger partial charge in [-0.2, -0.15) is 4.31 Å². The number of nitrogens with two attached hydrogens (primary N) is 1. The van der Waals surface area contributed by atoms with Gasteiger partial charge in [0.2, 0.25) is 21.8 Å². The lowest BCUT2D eigenvalue weighted by molar-refractivity contribution is -0.134. The Balaban J connectivity index is 2.51. The number of rotatable bonds is 2. The molecule has 1 saturated heterocycles. The lowest BCUT2D eigenvalue weighted by atomic mass is 10.3. The van der Waals surface area contributed by atoms with Gasteiger partial charge in [-0.25, -0.2) is 8.42 Å². The van der Waals surface area contributed by atoms with Crippen molar-refractivity contribution in [3.05, 3.63) is 21.1 Å². The number of benzene rings is 1. The highest BCUT2D eigenvalue weighted by Gasteiger charge is 2.35. The minimum atomic E-state index is -4.00. The number of nitrogens with one attached hydrogen (secondary N) is 1. The predicted octanol–water partition coefficient (Wildman–Crippen LogP) is 0.441. The number of piperazine rings is 1. The highest BCUT2D eigenvalue weighted by Crippen LogP contribution is 2.34. The Morgan fingerprint density at radius 2 is 1.55 bits per heavy atom. The number of sulfonamides is 1. The molecule has 1 aromatic rings. The zero-order valence-electron chi connectivity index (χ0n) is 9.89. The van der Waals surface area contributed by atoms with Crippen LogP contribution < -0.4 is 11.1 Å². The maximum atomic E-state index is 12.5. The van der Waals surface area contributed by atoms with Gasteiger partial charge in [0.25, 0.3) is 0 Å². The number of nitrogen functional groups attached to an aromatic ring is 1. The summed E-state index contributed by atoms with van der Waals surface area (Å²) in [7, 11) is -4.00. The second kappa shape index (κ2) is 5.43. The molecule has 1 aliphatic rings. The van der Waals surface area contributed by atoms with Crippen LogP contribution in [0.2, 0.25) is 0 Å². The molecule has 1 aliphatic heterocycles. The van der Waals surface area contributed by atoms with Crippen molar-refractivity contribution in [2.75, 3.05) is 18.8 Å².